The molecule has 0 fully saturated rings. The summed E-state index contributed by atoms with van der Waals surface area (Å²) in [6, 6.07) is 30.8. The van der Waals surface area contributed by atoms with E-state index in [2.05, 4.69) is 9.88 Å². The van der Waals surface area contributed by atoms with Crippen LogP contribution in [0.3, 0.4) is 0 Å². The van der Waals surface area contributed by atoms with E-state index in [0.717, 1.165) is 28.2 Å². The van der Waals surface area contributed by atoms with Gasteiger partial charge in [0.2, 0.25) is 0 Å². The molecule has 0 saturated heterocycles. The molecule has 0 spiro atoms. The van der Waals surface area contributed by atoms with Crippen molar-refractivity contribution in [3.05, 3.63) is 113 Å². The maximum absolute atomic E-state index is 12.8. The molecule has 0 radical (unpaired) electrons. The smallest absolute Gasteiger partial charge is 0.266 e. The second kappa shape index (κ2) is 9.38. The van der Waals surface area contributed by atoms with Gasteiger partial charge in [-0.25, -0.2) is 0 Å². The Morgan fingerprint density at radius 2 is 1.66 bits per heavy atom. The van der Waals surface area contributed by atoms with Crippen LogP contribution < -0.4 is 5.32 Å². The quantitative estimate of drug-likeness (QED) is 0.280. The topological polar surface area (TPSA) is 57.8 Å². The molecule has 0 unspecified atom stereocenters. The van der Waals surface area contributed by atoms with Gasteiger partial charge in [0.05, 0.1) is 5.69 Å². The standard InChI is InChI=1S/C27H20ClN3O/c1-19-15-21(16-22(18-29)27(32)30-24-12-8-11-23(28)17-24)26(20-9-4-2-5-10-20)31(19)25-13-6-3-7-14-25/h2-17H,1H3,(H,30,32)/b22-16-. The number of hydrogen-bond acceptors (Lipinski definition) is 2. The number of hydrogen-bond donors (Lipinski definition) is 1. The van der Waals surface area contributed by atoms with Gasteiger partial charge in [-0.15, -0.1) is 0 Å². The SMILES string of the molecule is Cc1cc(/C=C(/C#N)C(=O)Nc2cccc(Cl)c2)c(-c2ccccc2)n1-c1ccccc1. The second-order valence-corrected chi connectivity index (χ2v) is 7.70. The van der Waals surface area contributed by atoms with Crippen LogP contribution in [-0.2, 0) is 4.79 Å². The van der Waals surface area contributed by atoms with Crippen LogP contribution in [0.4, 0.5) is 5.69 Å². The highest BCUT2D eigenvalue weighted by Gasteiger charge is 2.17. The lowest BCUT2D eigenvalue weighted by atomic mass is 10.0. The van der Waals surface area contributed by atoms with Gasteiger partial charge in [0.1, 0.15) is 11.6 Å². The number of nitrogens with one attached hydrogen (secondary N) is 1. The number of carbonyl (C=O) groups excluding carboxylic acids is 1. The number of anilines is 1. The maximum atomic E-state index is 12.8. The number of aryl methyl sites for hydroxylation is 1. The second-order valence-electron chi connectivity index (χ2n) is 7.26. The van der Waals surface area contributed by atoms with Crippen LogP contribution >= 0.6 is 11.6 Å². The fraction of sp³-hybridized carbons (Fsp3) is 0.0370. The van der Waals surface area contributed by atoms with Gasteiger partial charge in [-0.05, 0) is 55.0 Å². The van der Waals surface area contributed by atoms with Crippen molar-refractivity contribution < 1.29 is 4.79 Å². The van der Waals surface area contributed by atoms with Gasteiger partial charge in [-0.2, -0.15) is 5.26 Å². The van der Waals surface area contributed by atoms with Gasteiger partial charge in [0.15, 0.2) is 0 Å². The number of aromatic nitrogens is 1. The Hall–Kier alpha value is -4.07. The minimum atomic E-state index is -0.487. The van der Waals surface area contributed by atoms with E-state index < -0.39 is 5.91 Å². The van der Waals surface area contributed by atoms with Crippen LogP contribution in [0.5, 0.6) is 0 Å². The van der Waals surface area contributed by atoms with Crippen LogP contribution in [0, 0.1) is 18.3 Å². The molecule has 0 bridgehead atoms. The molecule has 156 valence electrons. The number of carbonyl (C=O) groups is 1. The van der Waals surface area contributed by atoms with E-state index in [1.165, 1.54) is 0 Å². The molecule has 4 rings (SSSR count). The lowest BCUT2D eigenvalue weighted by Gasteiger charge is -2.13. The Labute approximate surface area is 192 Å². The lowest BCUT2D eigenvalue weighted by Crippen LogP contribution is -2.13. The summed E-state index contributed by atoms with van der Waals surface area (Å²) in [5.41, 5.74) is 5.23. The van der Waals surface area contributed by atoms with Crippen LogP contribution in [-0.4, -0.2) is 10.5 Å². The first-order valence-corrected chi connectivity index (χ1v) is 10.5. The minimum absolute atomic E-state index is 0.00682. The zero-order valence-corrected chi connectivity index (χ0v) is 18.2. The number of nitrogens with zero attached hydrogens (tertiary/aromatic N) is 2. The third-order valence-corrected chi connectivity index (χ3v) is 5.26. The Bertz CT molecular complexity index is 1330. The average Bonchev–Trinajstić information content (AvgIpc) is 3.14. The van der Waals surface area contributed by atoms with E-state index in [4.69, 9.17) is 11.6 Å². The number of amides is 1. The van der Waals surface area contributed by atoms with Crippen LogP contribution in [0.15, 0.2) is 96.6 Å². The van der Waals surface area contributed by atoms with E-state index in [1.54, 1.807) is 30.3 Å². The number of para-hydroxylation sites is 1. The summed E-state index contributed by atoms with van der Waals surface area (Å²) in [7, 11) is 0. The zero-order valence-electron chi connectivity index (χ0n) is 17.4. The molecule has 4 nitrogen and oxygen atoms in total. The molecule has 32 heavy (non-hydrogen) atoms. The fourth-order valence-electron chi connectivity index (χ4n) is 3.64. The molecule has 1 amide bonds. The van der Waals surface area contributed by atoms with Crippen molar-refractivity contribution in [1.29, 1.82) is 5.26 Å². The molecule has 1 aromatic heterocycles. The molecule has 5 heteroatoms. The van der Waals surface area contributed by atoms with E-state index in [9.17, 15) is 10.1 Å². The Morgan fingerprint density at radius 3 is 2.31 bits per heavy atom. The third kappa shape index (κ3) is 4.49. The van der Waals surface area contributed by atoms with E-state index >= 15 is 0 Å². The Balaban J connectivity index is 1.81. The largest absolute Gasteiger partial charge is 0.321 e. The molecule has 4 aromatic rings. The molecule has 0 saturated carbocycles. The number of nitriles is 1. The molecule has 3 aromatic carbocycles. The van der Waals surface area contributed by atoms with Gasteiger partial charge in [-0.3, -0.25) is 4.79 Å². The highest BCUT2D eigenvalue weighted by atomic mass is 35.5. The zero-order chi connectivity index (χ0) is 22.5. The predicted octanol–water partition coefficient (Wildman–Crippen LogP) is 6.65. The molecule has 0 aliphatic heterocycles. The first-order valence-electron chi connectivity index (χ1n) is 10.1. The normalized spacial score (nSPS) is 11.1. The Kier molecular flexibility index (Phi) is 6.21. The molecular formula is C27H20ClN3O. The van der Waals surface area contributed by atoms with Crippen molar-refractivity contribution in [2.45, 2.75) is 6.92 Å². The average molecular weight is 438 g/mol. The number of halogens is 1. The maximum Gasteiger partial charge on any atom is 0.266 e. The molecule has 1 heterocycles. The highest BCUT2D eigenvalue weighted by Crippen LogP contribution is 2.32. The van der Waals surface area contributed by atoms with Gasteiger partial charge in [-0.1, -0.05) is 66.2 Å². The van der Waals surface area contributed by atoms with E-state index in [0.29, 0.717) is 10.7 Å². The predicted molar refractivity (Wildman–Crippen MR) is 130 cm³/mol. The molecule has 0 aliphatic rings. The summed E-state index contributed by atoms with van der Waals surface area (Å²) in [6.45, 7) is 2.01. The fourth-order valence-corrected chi connectivity index (χ4v) is 3.83. The van der Waals surface area contributed by atoms with Gasteiger partial charge in [0.25, 0.3) is 5.91 Å². The molecule has 0 aliphatic carbocycles. The summed E-state index contributed by atoms with van der Waals surface area (Å²) in [6.07, 6.45) is 1.63. The van der Waals surface area contributed by atoms with Crippen molar-refractivity contribution >= 4 is 29.3 Å². The van der Waals surface area contributed by atoms with Crippen molar-refractivity contribution in [1.82, 2.24) is 4.57 Å². The third-order valence-electron chi connectivity index (χ3n) is 5.02. The van der Waals surface area contributed by atoms with E-state index in [1.807, 2.05) is 79.7 Å². The number of benzene rings is 3. The van der Waals surface area contributed by atoms with Gasteiger partial charge < -0.3 is 9.88 Å². The summed E-state index contributed by atoms with van der Waals surface area (Å²) in [4.78, 5) is 12.8. The first-order chi connectivity index (χ1) is 15.6. The van der Waals surface area contributed by atoms with Crippen molar-refractivity contribution in [2.75, 3.05) is 5.32 Å². The van der Waals surface area contributed by atoms with E-state index in [-0.39, 0.29) is 5.57 Å². The van der Waals surface area contributed by atoms with Crippen molar-refractivity contribution in [3.63, 3.8) is 0 Å². The molecule has 0 atom stereocenters. The lowest BCUT2D eigenvalue weighted by molar-refractivity contribution is -0.112. The minimum Gasteiger partial charge on any atom is -0.321 e. The van der Waals surface area contributed by atoms with Crippen LogP contribution in [0.1, 0.15) is 11.3 Å². The summed E-state index contributed by atoms with van der Waals surface area (Å²) in [5.74, 6) is -0.487. The highest BCUT2D eigenvalue weighted by molar-refractivity contribution is 6.31. The van der Waals surface area contributed by atoms with Gasteiger partial charge >= 0.3 is 0 Å². The van der Waals surface area contributed by atoms with Crippen LogP contribution in [0.2, 0.25) is 5.02 Å². The summed E-state index contributed by atoms with van der Waals surface area (Å²) >= 11 is 6.00. The van der Waals surface area contributed by atoms with Crippen molar-refractivity contribution in [3.8, 4) is 23.0 Å². The summed E-state index contributed by atoms with van der Waals surface area (Å²) < 4.78 is 2.13. The van der Waals surface area contributed by atoms with Crippen molar-refractivity contribution in [2.24, 2.45) is 0 Å². The van der Waals surface area contributed by atoms with Gasteiger partial charge in [0, 0.05) is 27.7 Å². The first kappa shape index (κ1) is 21.2. The number of rotatable bonds is 5. The Morgan fingerprint density at radius 1 is 0.969 bits per heavy atom. The van der Waals surface area contributed by atoms with Crippen LogP contribution in [0.25, 0.3) is 23.0 Å². The molecular weight excluding hydrogens is 418 g/mol. The monoisotopic (exact) mass is 437 g/mol. The molecule has 1 N–H and O–H groups in total. The summed E-state index contributed by atoms with van der Waals surface area (Å²) in [5, 5.41) is 13.0.